The van der Waals surface area contributed by atoms with Crippen LogP contribution in [0.15, 0.2) is 109 Å². The van der Waals surface area contributed by atoms with Gasteiger partial charge in [-0.1, -0.05) is 246 Å². The summed E-state index contributed by atoms with van der Waals surface area (Å²) in [5.41, 5.74) is 0. The van der Waals surface area contributed by atoms with Gasteiger partial charge in [-0.3, -0.25) is 14.4 Å². The van der Waals surface area contributed by atoms with Crippen LogP contribution >= 0.6 is 0 Å². The Morgan fingerprint density at radius 2 is 0.557 bits per heavy atom. The van der Waals surface area contributed by atoms with Gasteiger partial charge in [0.2, 0.25) is 0 Å². The number of unbranched alkanes of at least 4 members (excludes halogenated alkanes) is 22. The Morgan fingerprint density at radius 1 is 0.300 bits per heavy atom. The van der Waals surface area contributed by atoms with E-state index in [1.807, 2.05) is 0 Å². The summed E-state index contributed by atoms with van der Waals surface area (Å²) in [6.07, 6.45) is 78.3. The second-order valence-electron chi connectivity index (χ2n) is 18.8. The van der Waals surface area contributed by atoms with Gasteiger partial charge >= 0.3 is 17.9 Å². The number of ether oxygens (including phenoxy) is 3. The van der Waals surface area contributed by atoms with E-state index in [1.165, 1.54) is 96.3 Å². The van der Waals surface area contributed by atoms with Gasteiger partial charge in [0.05, 0.1) is 0 Å². The summed E-state index contributed by atoms with van der Waals surface area (Å²) in [4.78, 5) is 37.9. The molecule has 0 aliphatic heterocycles. The highest BCUT2D eigenvalue weighted by atomic mass is 16.6. The minimum absolute atomic E-state index is 0.0916. The lowest BCUT2D eigenvalue weighted by Gasteiger charge is -2.18. The van der Waals surface area contributed by atoms with Crippen LogP contribution in [0, 0.1) is 0 Å². The van der Waals surface area contributed by atoms with E-state index < -0.39 is 6.10 Å². The van der Waals surface area contributed by atoms with E-state index in [-0.39, 0.29) is 37.5 Å². The summed E-state index contributed by atoms with van der Waals surface area (Å²) in [5, 5.41) is 0. The molecule has 0 amide bonds. The predicted molar refractivity (Wildman–Crippen MR) is 302 cm³/mol. The van der Waals surface area contributed by atoms with Crippen LogP contribution in [0.1, 0.15) is 258 Å². The summed E-state index contributed by atoms with van der Waals surface area (Å²) in [7, 11) is 0. The van der Waals surface area contributed by atoms with Crippen molar-refractivity contribution in [2.75, 3.05) is 13.2 Å². The molecule has 0 spiro atoms. The van der Waals surface area contributed by atoms with Crippen molar-refractivity contribution in [2.45, 2.75) is 264 Å². The molecule has 398 valence electrons. The van der Waals surface area contributed by atoms with E-state index in [4.69, 9.17) is 14.2 Å². The van der Waals surface area contributed by atoms with Gasteiger partial charge < -0.3 is 14.2 Å². The Kier molecular flexibility index (Phi) is 54.4. The third kappa shape index (κ3) is 55.0. The van der Waals surface area contributed by atoms with E-state index >= 15 is 0 Å². The largest absolute Gasteiger partial charge is 0.462 e. The maximum Gasteiger partial charge on any atom is 0.306 e. The normalized spacial score (nSPS) is 12.9. The zero-order valence-electron chi connectivity index (χ0n) is 45.5. The van der Waals surface area contributed by atoms with Crippen LogP contribution in [0.2, 0.25) is 0 Å². The number of hydrogen-bond acceptors (Lipinski definition) is 6. The molecule has 0 fully saturated rings. The molecule has 6 nitrogen and oxygen atoms in total. The van der Waals surface area contributed by atoms with Crippen LogP contribution in [0.4, 0.5) is 0 Å². The molecule has 0 aromatic carbocycles. The quantitative estimate of drug-likeness (QED) is 0.0262. The number of carbonyl (C=O) groups is 3. The number of rotatable bonds is 51. The highest BCUT2D eigenvalue weighted by Crippen LogP contribution is 2.15. The molecular weight excluding hydrogens is 865 g/mol. The summed E-state index contributed by atoms with van der Waals surface area (Å²) in [5.74, 6) is -0.934. The van der Waals surface area contributed by atoms with Gasteiger partial charge in [0.25, 0.3) is 0 Å². The highest BCUT2D eigenvalue weighted by molar-refractivity contribution is 5.71. The minimum atomic E-state index is -0.793. The molecule has 6 heteroatoms. The third-order valence-electron chi connectivity index (χ3n) is 12.0. The Bertz CT molecular complexity index is 1440. The molecule has 0 saturated heterocycles. The highest BCUT2D eigenvalue weighted by Gasteiger charge is 2.19. The fourth-order valence-corrected chi connectivity index (χ4v) is 7.75. The number of carbonyl (C=O) groups excluding carboxylic acids is 3. The van der Waals surface area contributed by atoms with E-state index in [0.29, 0.717) is 12.8 Å². The van der Waals surface area contributed by atoms with Crippen LogP contribution in [0.5, 0.6) is 0 Å². The minimum Gasteiger partial charge on any atom is -0.462 e. The molecule has 0 N–H and O–H groups in total. The molecule has 0 bridgehead atoms. The first kappa shape index (κ1) is 66.1. The number of hydrogen-bond donors (Lipinski definition) is 0. The summed E-state index contributed by atoms with van der Waals surface area (Å²) in [6, 6.07) is 0. The van der Waals surface area contributed by atoms with Crippen molar-refractivity contribution in [3.63, 3.8) is 0 Å². The topological polar surface area (TPSA) is 78.9 Å². The Hall–Kier alpha value is -3.93. The van der Waals surface area contributed by atoms with Crippen molar-refractivity contribution < 1.29 is 28.6 Å². The average molecular weight is 972 g/mol. The zero-order valence-corrected chi connectivity index (χ0v) is 45.5. The van der Waals surface area contributed by atoms with Gasteiger partial charge in [-0.05, 0) is 103 Å². The molecule has 1 atom stereocenters. The first-order valence-electron chi connectivity index (χ1n) is 28.9. The molecule has 0 aromatic heterocycles. The predicted octanol–water partition coefficient (Wildman–Crippen LogP) is 19.5. The third-order valence-corrected chi connectivity index (χ3v) is 12.0. The fraction of sp³-hybridized carbons (Fsp3) is 0.672. The Morgan fingerprint density at radius 3 is 0.886 bits per heavy atom. The summed E-state index contributed by atoms with van der Waals surface area (Å²) in [6.45, 7) is 6.33. The van der Waals surface area contributed by atoms with Crippen LogP contribution in [0.25, 0.3) is 0 Å². The van der Waals surface area contributed by atoms with E-state index in [2.05, 4.69) is 130 Å². The first-order chi connectivity index (χ1) is 34.5. The van der Waals surface area contributed by atoms with Gasteiger partial charge in [-0.2, -0.15) is 0 Å². The van der Waals surface area contributed by atoms with E-state index in [0.717, 1.165) is 122 Å². The second kappa shape index (κ2) is 57.6. The SMILES string of the molecule is CC/C=C\C/C=C\C/C=C\C/C=C\C/C=C\CCCCCC(=O)OC(COC(=O)CCCCCCCC)COC(=O)CCCCCCCCCCCCCCCC/C=C\C/C=C\C/C=C\C/C=C\CC. The average Bonchev–Trinajstić information content (AvgIpc) is 3.36. The molecule has 1 unspecified atom stereocenters. The maximum absolute atomic E-state index is 12.8. The second-order valence-corrected chi connectivity index (χ2v) is 18.8. The van der Waals surface area contributed by atoms with Crippen LogP contribution in [-0.2, 0) is 28.6 Å². The smallest absolute Gasteiger partial charge is 0.306 e. The standard InChI is InChI=1S/C64H106O6/c1-4-7-10-13-16-18-20-22-24-26-28-29-30-31-32-33-34-35-37-38-40-42-44-46-48-51-54-57-63(66)69-60-61(59-68-62(65)56-53-50-15-12-9-6-3)70-64(67)58-55-52-49-47-45-43-41-39-36-27-25-23-21-19-17-14-11-8-5-2/h7-8,10-11,16-19,22-25,28-29,36,39,43,45,61H,4-6,9,12-15,20-21,26-27,30-35,37-38,40-42,44,46-60H2,1-3H3/b10-7-,11-8-,18-16-,19-17-,24-22-,25-23-,29-28-,39-36-,45-43-. The molecule has 0 heterocycles. The lowest BCUT2D eigenvalue weighted by Crippen LogP contribution is -2.30. The molecule has 0 aromatic rings. The molecule has 0 radical (unpaired) electrons. The van der Waals surface area contributed by atoms with Gasteiger partial charge in [0.1, 0.15) is 13.2 Å². The Labute approximate surface area is 431 Å². The van der Waals surface area contributed by atoms with Gasteiger partial charge in [0, 0.05) is 19.3 Å². The summed E-state index contributed by atoms with van der Waals surface area (Å²) >= 11 is 0. The van der Waals surface area contributed by atoms with Crippen LogP contribution in [-0.4, -0.2) is 37.2 Å². The Balaban J connectivity index is 4.16. The number of esters is 3. The van der Waals surface area contributed by atoms with Crippen molar-refractivity contribution in [2.24, 2.45) is 0 Å². The van der Waals surface area contributed by atoms with Crippen LogP contribution in [0.3, 0.4) is 0 Å². The molecule has 0 aliphatic rings. The summed E-state index contributed by atoms with van der Waals surface area (Å²) < 4.78 is 16.7. The number of allylic oxidation sites excluding steroid dienone is 18. The van der Waals surface area contributed by atoms with Crippen molar-refractivity contribution in [1.29, 1.82) is 0 Å². The van der Waals surface area contributed by atoms with Gasteiger partial charge in [-0.25, -0.2) is 0 Å². The molecule has 0 saturated carbocycles. The molecule has 0 rings (SSSR count). The van der Waals surface area contributed by atoms with E-state index in [1.54, 1.807) is 0 Å². The van der Waals surface area contributed by atoms with Crippen molar-refractivity contribution in [1.82, 2.24) is 0 Å². The first-order valence-corrected chi connectivity index (χ1v) is 28.9. The van der Waals surface area contributed by atoms with Gasteiger partial charge in [-0.15, -0.1) is 0 Å². The van der Waals surface area contributed by atoms with Crippen molar-refractivity contribution in [3.8, 4) is 0 Å². The van der Waals surface area contributed by atoms with Crippen molar-refractivity contribution in [3.05, 3.63) is 109 Å². The molecule has 70 heavy (non-hydrogen) atoms. The molecule has 0 aliphatic carbocycles. The molecular formula is C64H106O6. The monoisotopic (exact) mass is 971 g/mol. The fourth-order valence-electron chi connectivity index (χ4n) is 7.75. The van der Waals surface area contributed by atoms with Crippen molar-refractivity contribution >= 4 is 17.9 Å². The van der Waals surface area contributed by atoms with Crippen LogP contribution < -0.4 is 0 Å². The zero-order chi connectivity index (χ0) is 50.7. The van der Waals surface area contributed by atoms with E-state index in [9.17, 15) is 14.4 Å². The lowest BCUT2D eigenvalue weighted by molar-refractivity contribution is -0.167. The lowest BCUT2D eigenvalue weighted by atomic mass is 10.0. The van der Waals surface area contributed by atoms with Gasteiger partial charge in [0.15, 0.2) is 6.10 Å². The maximum atomic E-state index is 12.8.